The number of nitrogens with one attached hydrogen (secondary N) is 2. The first-order valence-electron chi connectivity index (χ1n) is 11.6. The zero-order chi connectivity index (χ0) is 24.6. The lowest BCUT2D eigenvalue weighted by molar-refractivity contribution is -0.122. The summed E-state index contributed by atoms with van der Waals surface area (Å²) in [6, 6.07) is 1.81. The number of nitrogens with zero attached hydrogens (tertiary/aromatic N) is 3. The number of alkyl halides is 2. The van der Waals surface area contributed by atoms with E-state index in [0.29, 0.717) is 17.8 Å². The molecule has 10 heteroatoms. The van der Waals surface area contributed by atoms with Gasteiger partial charge < -0.3 is 15.4 Å². The second-order valence-corrected chi connectivity index (χ2v) is 10.0. The van der Waals surface area contributed by atoms with Crippen LogP contribution in [0.3, 0.4) is 0 Å². The summed E-state index contributed by atoms with van der Waals surface area (Å²) in [7, 11) is 0. The normalized spacial score (nSPS) is 24.9. The van der Waals surface area contributed by atoms with E-state index in [1.807, 2.05) is 6.92 Å². The summed E-state index contributed by atoms with van der Waals surface area (Å²) in [6.45, 7) is 5.22. The third-order valence-corrected chi connectivity index (χ3v) is 7.81. The van der Waals surface area contributed by atoms with E-state index in [-0.39, 0.29) is 23.7 Å². The molecule has 0 aromatic carbocycles. The molecule has 3 fully saturated rings. The maximum atomic E-state index is 13.1. The highest BCUT2D eigenvalue weighted by Crippen LogP contribution is 2.61. The number of amides is 1. The van der Waals surface area contributed by atoms with E-state index in [2.05, 4.69) is 46.2 Å². The minimum Gasteiger partial charge on any atom is -0.427 e. The fourth-order valence-electron chi connectivity index (χ4n) is 5.52. The summed E-state index contributed by atoms with van der Waals surface area (Å²) in [6.07, 6.45) is 6.65. The van der Waals surface area contributed by atoms with Crippen molar-refractivity contribution in [1.82, 2.24) is 20.1 Å². The number of carbonyl (C=O) groups is 1. The second kappa shape index (κ2) is 9.31. The number of anilines is 1. The van der Waals surface area contributed by atoms with Gasteiger partial charge in [-0.1, -0.05) is 20.8 Å². The van der Waals surface area contributed by atoms with Gasteiger partial charge in [-0.3, -0.25) is 14.6 Å². The third-order valence-electron chi connectivity index (χ3n) is 7.81. The SMILES string of the molecule is Cc1cnccc1CNC(=O)Cn1ncc(NC2C[C@H]3CC([C@H]2C)C3(C)C)c(OC(F)F)c1=O. The molecular formula is C24H31F2N5O3. The summed E-state index contributed by atoms with van der Waals surface area (Å²) >= 11 is 0. The van der Waals surface area contributed by atoms with Crippen molar-refractivity contribution >= 4 is 11.6 Å². The van der Waals surface area contributed by atoms with Crippen molar-refractivity contribution in [3.8, 4) is 5.75 Å². The number of halogens is 2. The number of carbonyl (C=O) groups excluding carboxylic acids is 1. The minimum atomic E-state index is -3.18. The van der Waals surface area contributed by atoms with E-state index < -0.39 is 30.4 Å². The molecule has 3 aliphatic carbocycles. The van der Waals surface area contributed by atoms with Crippen LogP contribution in [0.1, 0.15) is 44.7 Å². The average molecular weight is 476 g/mol. The highest BCUT2D eigenvalue weighted by Gasteiger charge is 2.56. The van der Waals surface area contributed by atoms with Gasteiger partial charge in [-0.2, -0.15) is 13.9 Å². The summed E-state index contributed by atoms with van der Waals surface area (Å²) in [4.78, 5) is 29.3. The molecule has 34 heavy (non-hydrogen) atoms. The molecule has 2 aromatic heterocycles. The summed E-state index contributed by atoms with van der Waals surface area (Å²) < 4.78 is 31.7. The molecule has 0 radical (unpaired) electrons. The van der Waals surface area contributed by atoms with Gasteiger partial charge >= 0.3 is 12.2 Å². The van der Waals surface area contributed by atoms with Crippen LogP contribution in [-0.4, -0.2) is 33.3 Å². The molecule has 3 saturated carbocycles. The molecule has 184 valence electrons. The van der Waals surface area contributed by atoms with E-state index >= 15 is 0 Å². The van der Waals surface area contributed by atoms with Gasteiger partial charge in [-0.25, -0.2) is 4.68 Å². The maximum Gasteiger partial charge on any atom is 0.387 e. The van der Waals surface area contributed by atoms with Crippen LogP contribution in [0.25, 0.3) is 0 Å². The smallest absolute Gasteiger partial charge is 0.387 e. The number of hydrogen-bond donors (Lipinski definition) is 2. The predicted octanol–water partition coefficient (Wildman–Crippen LogP) is 3.35. The van der Waals surface area contributed by atoms with Crippen molar-refractivity contribution in [3.63, 3.8) is 0 Å². The van der Waals surface area contributed by atoms with Crippen molar-refractivity contribution in [2.75, 3.05) is 5.32 Å². The number of aromatic nitrogens is 3. The molecule has 8 nitrogen and oxygen atoms in total. The molecule has 2 N–H and O–H groups in total. The standard InChI is InChI=1S/C24H31F2N5O3/c1-13-9-27-6-5-15(13)10-28-20(32)12-31-22(33)21(34-23(25)26)19(11-29-31)30-18-8-16-7-17(14(18)2)24(16,3)4/h5-6,9,11,14,16-18,23,30H,7-8,10,12H2,1-4H3,(H,28,32)/t14-,16-,17?,18?/m1/s1. The van der Waals surface area contributed by atoms with Crippen LogP contribution < -0.4 is 20.9 Å². The van der Waals surface area contributed by atoms with Gasteiger partial charge in [0.1, 0.15) is 12.2 Å². The monoisotopic (exact) mass is 475 g/mol. The van der Waals surface area contributed by atoms with E-state index in [0.717, 1.165) is 22.2 Å². The Labute approximate surface area is 197 Å². The molecule has 0 spiro atoms. The average Bonchev–Trinajstić information content (AvgIpc) is 2.78. The number of pyridine rings is 1. The first kappa shape index (κ1) is 24.1. The topological polar surface area (TPSA) is 98.1 Å². The highest BCUT2D eigenvalue weighted by molar-refractivity contribution is 5.75. The van der Waals surface area contributed by atoms with Gasteiger partial charge in [0.05, 0.1) is 6.20 Å². The first-order valence-corrected chi connectivity index (χ1v) is 11.6. The molecule has 2 bridgehead atoms. The lowest BCUT2D eigenvalue weighted by Gasteiger charge is -2.62. The first-order chi connectivity index (χ1) is 16.1. The number of hydrogen-bond acceptors (Lipinski definition) is 6. The Morgan fingerprint density at radius 2 is 2.09 bits per heavy atom. The van der Waals surface area contributed by atoms with Crippen LogP contribution in [0.4, 0.5) is 14.5 Å². The van der Waals surface area contributed by atoms with E-state index in [1.54, 1.807) is 18.5 Å². The van der Waals surface area contributed by atoms with Crippen molar-refractivity contribution < 1.29 is 18.3 Å². The molecule has 2 unspecified atom stereocenters. The number of aryl methyl sites for hydroxylation is 1. The maximum absolute atomic E-state index is 13.1. The Morgan fingerprint density at radius 1 is 1.32 bits per heavy atom. The molecule has 2 aromatic rings. The van der Waals surface area contributed by atoms with Crippen molar-refractivity contribution in [2.45, 2.75) is 66.3 Å². The Kier molecular flexibility index (Phi) is 6.60. The Bertz CT molecular complexity index is 1120. The van der Waals surface area contributed by atoms with Crippen molar-refractivity contribution in [2.24, 2.45) is 23.2 Å². The Hall–Kier alpha value is -3.04. The van der Waals surface area contributed by atoms with Crippen LogP contribution in [0.5, 0.6) is 5.75 Å². The van der Waals surface area contributed by atoms with Crippen LogP contribution in [0, 0.1) is 30.1 Å². The summed E-state index contributed by atoms with van der Waals surface area (Å²) in [5, 5.41) is 10.00. The summed E-state index contributed by atoms with van der Waals surface area (Å²) in [5.74, 6) is 0.395. The molecule has 3 aliphatic rings. The van der Waals surface area contributed by atoms with E-state index in [9.17, 15) is 18.4 Å². The van der Waals surface area contributed by atoms with Crippen molar-refractivity contribution in [1.29, 1.82) is 0 Å². The Balaban J connectivity index is 1.48. The van der Waals surface area contributed by atoms with E-state index in [4.69, 9.17) is 0 Å². The molecule has 2 heterocycles. The molecule has 5 rings (SSSR count). The second-order valence-electron chi connectivity index (χ2n) is 10.0. The van der Waals surface area contributed by atoms with Crippen molar-refractivity contribution in [3.05, 3.63) is 46.1 Å². The number of fused-ring (bicyclic) bond motifs is 2. The molecule has 0 aliphatic heterocycles. The van der Waals surface area contributed by atoms with Crippen LogP contribution in [-0.2, 0) is 17.9 Å². The molecule has 0 saturated heterocycles. The predicted molar refractivity (Wildman–Crippen MR) is 123 cm³/mol. The van der Waals surface area contributed by atoms with Gasteiger partial charge in [0.25, 0.3) is 0 Å². The van der Waals surface area contributed by atoms with Gasteiger partial charge in [-0.15, -0.1) is 0 Å². The lowest BCUT2D eigenvalue weighted by atomic mass is 9.45. The highest BCUT2D eigenvalue weighted by atomic mass is 19.3. The molecule has 4 atom stereocenters. The summed E-state index contributed by atoms with van der Waals surface area (Å²) in [5.41, 5.74) is 1.32. The zero-order valence-corrected chi connectivity index (χ0v) is 19.8. The third kappa shape index (κ3) is 4.63. The molecule has 1 amide bonds. The van der Waals surface area contributed by atoms with Crippen LogP contribution in [0.15, 0.2) is 29.5 Å². The quantitative estimate of drug-likeness (QED) is 0.608. The minimum absolute atomic E-state index is 0.0285. The fraction of sp³-hybridized carbons (Fsp3) is 0.583. The molecular weight excluding hydrogens is 444 g/mol. The number of ether oxygens (including phenoxy) is 1. The van der Waals surface area contributed by atoms with Crippen LogP contribution in [0.2, 0.25) is 0 Å². The van der Waals surface area contributed by atoms with Gasteiger partial charge in [0.15, 0.2) is 0 Å². The largest absolute Gasteiger partial charge is 0.427 e. The van der Waals surface area contributed by atoms with E-state index in [1.165, 1.54) is 12.6 Å². The lowest BCUT2D eigenvalue weighted by Crippen LogP contribution is -2.58. The van der Waals surface area contributed by atoms with Gasteiger partial charge in [0, 0.05) is 25.0 Å². The van der Waals surface area contributed by atoms with Gasteiger partial charge in [-0.05, 0) is 60.1 Å². The van der Waals surface area contributed by atoms with Crippen LogP contribution >= 0.6 is 0 Å². The Morgan fingerprint density at radius 3 is 2.74 bits per heavy atom. The fourth-order valence-corrected chi connectivity index (χ4v) is 5.52. The van der Waals surface area contributed by atoms with Gasteiger partial charge in [0.2, 0.25) is 11.7 Å². The number of rotatable bonds is 8. The zero-order valence-electron chi connectivity index (χ0n) is 19.8.